The monoisotopic (exact) mass is 604 g/mol. The summed E-state index contributed by atoms with van der Waals surface area (Å²) in [4.78, 5) is 12.8. The van der Waals surface area contributed by atoms with E-state index in [1.165, 1.54) is 0 Å². The third kappa shape index (κ3) is 4.08. The smallest absolute Gasteiger partial charge is 0.342 e. The lowest BCUT2D eigenvalue weighted by Gasteiger charge is -2.67. The first kappa shape index (κ1) is 30.3. The Labute approximate surface area is 250 Å². The number of esters is 1. The molecule has 234 valence electrons. The molecule has 6 atom stereocenters. The maximum Gasteiger partial charge on any atom is 0.342 e. The number of ether oxygens (including phenoxy) is 8. The van der Waals surface area contributed by atoms with E-state index in [2.05, 4.69) is 47.3 Å². The van der Waals surface area contributed by atoms with Gasteiger partial charge in [0.05, 0.1) is 13.2 Å². The molecule has 1 aromatic carbocycles. The van der Waals surface area contributed by atoms with E-state index < -0.39 is 36.3 Å². The van der Waals surface area contributed by atoms with E-state index >= 15 is 0 Å². The van der Waals surface area contributed by atoms with Crippen molar-refractivity contribution in [3.63, 3.8) is 0 Å². The van der Waals surface area contributed by atoms with E-state index in [1.54, 1.807) is 14.2 Å². The molecule has 1 aliphatic carbocycles. The molecule has 1 spiro atoms. The molecule has 0 amide bonds. The number of rotatable bonds is 8. The van der Waals surface area contributed by atoms with Crippen molar-refractivity contribution in [3.8, 4) is 11.5 Å². The van der Waals surface area contributed by atoms with Crippen molar-refractivity contribution in [2.24, 2.45) is 11.3 Å². The number of hydrogen-bond donors (Lipinski definition) is 0. The lowest BCUT2D eigenvalue weighted by molar-refractivity contribution is -0.396. The minimum Gasteiger partial charge on any atom is -0.495 e. The molecule has 1 saturated carbocycles. The zero-order valence-corrected chi connectivity index (χ0v) is 28.0. The van der Waals surface area contributed by atoms with Crippen LogP contribution in [-0.4, -0.2) is 70.5 Å². The van der Waals surface area contributed by atoms with E-state index in [4.69, 9.17) is 37.9 Å². The highest BCUT2D eigenvalue weighted by Gasteiger charge is 2.81. The van der Waals surface area contributed by atoms with Gasteiger partial charge in [0.15, 0.2) is 0 Å². The van der Waals surface area contributed by atoms with Gasteiger partial charge in [0.1, 0.15) is 47.3 Å². The number of fused-ring (bicyclic) bond motifs is 5. The first-order valence-electron chi connectivity index (χ1n) is 15.3. The van der Waals surface area contributed by atoms with Gasteiger partial charge in [0, 0.05) is 57.1 Å². The van der Waals surface area contributed by atoms with Gasteiger partial charge in [-0.2, -0.15) is 0 Å². The minimum absolute atomic E-state index is 0.00441. The van der Waals surface area contributed by atoms with Crippen LogP contribution in [0.1, 0.15) is 74.0 Å². The molecule has 10 heteroatoms. The summed E-state index contributed by atoms with van der Waals surface area (Å²) in [5.41, 5.74) is 0.610. The average molecular weight is 605 g/mol. The molecule has 0 aromatic heterocycles. The van der Waals surface area contributed by atoms with Crippen molar-refractivity contribution in [3.05, 3.63) is 22.3 Å². The number of hydrogen-bond acceptors (Lipinski definition) is 9. The standard InChI is InChI=1S/C32H48O9Si/c1-19-21-17-37-27(33)24(21)26(34-6)20-15-22-29(4)11-12-31(35-7)40-28(2,3)32(29,41-31)23(16-30(22,5)39-25(19)20)38-18-36-13-14-42(8,9)10/h22-23H,11-18H2,1-10H3/t22-,23+,29-,30+,31+,32-/m1/s1. The fourth-order valence-electron chi connectivity index (χ4n) is 8.96. The lowest BCUT2D eigenvalue weighted by Crippen LogP contribution is -2.77. The number of carbonyl (C=O) groups excluding carboxylic acids is 1. The van der Waals surface area contributed by atoms with Crippen LogP contribution in [0.3, 0.4) is 0 Å². The highest BCUT2D eigenvalue weighted by atomic mass is 28.3. The lowest BCUT2D eigenvalue weighted by atomic mass is 9.45. The summed E-state index contributed by atoms with van der Waals surface area (Å²) in [7, 11) is 2.03. The molecule has 1 aromatic rings. The third-order valence-corrected chi connectivity index (χ3v) is 12.7. The molecule has 9 nitrogen and oxygen atoms in total. The van der Waals surface area contributed by atoms with E-state index in [-0.39, 0.29) is 31.4 Å². The van der Waals surface area contributed by atoms with Crippen LogP contribution in [0.4, 0.5) is 0 Å². The Hall–Kier alpha value is -1.69. The van der Waals surface area contributed by atoms with Crippen molar-refractivity contribution in [1.29, 1.82) is 0 Å². The van der Waals surface area contributed by atoms with Gasteiger partial charge >= 0.3 is 5.97 Å². The molecule has 3 fully saturated rings. The zero-order valence-electron chi connectivity index (χ0n) is 27.0. The number of methoxy groups -OCH3 is 2. The van der Waals surface area contributed by atoms with Crippen LogP contribution in [0.25, 0.3) is 0 Å². The summed E-state index contributed by atoms with van der Waals surface area (Å²) in [5, 5.41) is 0. The molecule has 0 unspecified atom stereocenters. The largest absolute Gasteiger partial charge is 0.495 e. The second-order valence-corrected chi connectivity index (χ2v) is 20.6. The topological polar surface area (TPSA) is 90.9 Å². The minimum atomic E-state index is -1.24. The van der Waals surface area contributed by atoms with E-state index in [9.17, 15) is 4.79 Å². The molecule has 2 saturated heterocycles. The highest BCUT2D eigenvalue weighted by molar-refractivity contribution is 6.76. The van der Waals surface area contributed by atoms with Gasteiger partial charge in [0.25, 0.3) is 5.97 Å². The van der Waals surface area contributed by atoms with Gasteiger partial charge in [-0.15, -0.1) is 0 Å². The quantitative estimate of drug-likeness (QED) is 0.159. The number of cyclic esters (lactones) is 1. The molecule has 6 rings (SSSR count). The SMILES string of the molecule is COc1c2c(c(C)c3c1C(=O)OC3)O[C@@]1(C)C[C@H](OCOCC[Si](C)(C)C)[C@]34O[C@](OC)(CC[C@]3(C)[C@H]1C2)OC4(C)C. The second kappa shape index (κ2) is 9.65. The molecule has 0 N–H and O–H groups in total. The van der Waals surface area contributed by atoms with Crippen molar-refractivity contribution in [2.45, 2.75) is 121 Å². The summed E-state index contributed by atoms with van der Waals surface area (Å²) in [6.45, 7) is 18.8. The van der Waals surface area contributed by atoms with E-state index in [0.29, 0.717) is 37.2 Å². The van der Waals surface area contributed by atoms with Crippen LogP contribution in [0, 0.1) is 18.3 Å². The zero-order chi connectivity index (χ0) is 30.5. The summed E-state index contributed by atoms with van der Waals surface area (Å²) < 4.78 is 50.9. The summed E-state index contributed by atoms with van der Waals surface area (Å²) in [6.07, 6.45) is 2.22. The van der Waals surface area contributed by atoms with Crippen LogP contribution in [0.5, 0.6) is 11.5 Å². The Morgan fingerprint density at radius 2 is 1.76 bits per heavy atom. The van der Waals surface area contributed by atoms with Gasteiger partial charge in [0.2, 0.25) is 0 Å². The predicted octanol–water partition coefficient (Wildman–Crippen LogP) is 5.75. The van der Waals surface area contributed by atoms with Crippen LogP contribution in [-0.2, 0) is 41.4 Å². The highest BCUT2D eigenvalue weighted by Crippen LogP contribution is 2.71. The summed E-state index contributed by atoms with van der Waals surface area (Å²) in [5.74, 6) is -0.122. The van der Waals surface area contributed by atoms with Gasteiger partial charge in [-0.25, -0.2) is 4.79 Å². The molecule has 42 heavy (non-hydrogen) atoms. The molecule has 0 radical (unpaired) electrons. The van der Waals surface area contributed by atoms with Crippen LogP contribution >= 0.6 is 0 Å². The summed E-state index contributed by atoms with van der Waals surface area (Å²) in [6, 6.07) is 1.07. The van der Waals surface area contributed by atoms with Crippen molar-refractivity contribution < 1.29 is 42.7 Å². The van der Waals surface area contributed by atoms with Crippen molar-refractivity contribution in [1.82, 2.24) is 0 Å². The average Bonchev–Trinajstić information content (AvgIpc) is 3.39. The Balaban J connectivity index is 1.44. The Kier molecular flexibility index (Phi) is 6.97. The Morgan fingerprint density at radius 1 is 1.02 bits per heavy atom. The van der Waals surface area contributed by atoms with Crippen molar-refractivity contribution in [2.75, 3.05) is 27.6 Å². The van der Waals surface area contributed by atoms with Gasteiger partial charge < -0.3 is 37.9 Å². The first-order chi connectivity index (χ1) is 19.6. The fraction of sp³-hybridized carbons (Fsp3) is 0.781. The van der Waals surface area contributed by atoms with Gasteiger partial charge in [-0.05, 0) is 52.1 Å². The molecular weight excluding hydrogens is 556 g/mol. The molecule has 4 aliphatic heterocycles. The van der Waals surface area contributed by atoms with Gasteiger partial charge in [-0.3, -0.25) is 0 Å². The predicted molar refractivity (Wildman–Crippen MR) is 158 cm³/mol. The summed E-state index contributed by atoms with van der Waals surface area (Å²) >= 11 is 0. The Bertz CT molecular complexity index is 1290. The van der Waals surface area contributed by atoms with Gasteiger partial charge in [-0.1, -0.05) is 26.6 Å². The fourth-order valence-corrected chi connectivity index (χ4v) is 9.71. The molecular formula is C32H48O9Si. The maximum atomic E-state index is 12.8. The molecule has 5 aliphatic rings. The normalized spacial score (nSPS) is 37.7. The van der Waals surface area contributed by atoms with Crippen LogP contribution < -0.4 is 9.47 Å². The van der Waals surface area contributed by atoms with E-state index in [0.717, 1.165) is 34.9 Å². The third-order valence-electron chi connectivity index (χ3n) is 11.0. The number of benzene rings is 1. The number of carbonyl (C=O) groups is 1. The van der Waals surface area contributed by atoms with E-state index in [1.807, 2.05) is 6.92 Å². The maximum absolute atomic E-state index is 12.8. The van der Waals surface area contributed by atoms with Crippen molar-refractivity contribution >= 4 is 14.0 Å². The molecule has 2 bridgehead atoms. The second-order valence-electron chi connectivity index (χ2n) is 15.0. The van der Waals surface area contributed by atoms with Crippen LogP contribution in [0.15, 0.2) is 0 Å². The first-order valence-corrected chi connectivity index (χ1v) is 19.0. The van der Waals surface area contributed by atoms with Crippen LogP contribution in [0.2, 0.25) is 25.7 Å². The Morgan fingerprint density at radius 3 is 2.43 bits per heavy atom. The molecule has 4 heterocycles.